The molecule has 2 aromatic rings. The lowest BCUT2D eigenvalue weighted by atomic mass is 10.0. The van der Waals surface area contributed by atoms with Gasteiger partial charge in [0, 0.05) is 11.1 Å². The summed E-state index contributed by atoms with van der Waals surface area (Å²) in [5, 5.41) is 12.0. The largest absolute Gasteiger partial charge is 0.475 e. The van der Waals surface area contributed by atoms with Crippen LogP contribution in [-0.2, 0) is 30.6 Å². The quantitative estimate of drug-likeness (QED) is 0.268. The third-order valence-electron chi connectivity index (χ3n) is 4.66. The molecule has 1 heterocycles. The molecule has 1 fully saturated rings. The van der Waals surface area contributed by atoms with Crippen LogP contribution in [0.1, 0.15) is 41.0 Å². The Morgan fingerprint density at radius 1 is 1.17 bits per heavy atom. The third kappa shape index (κ3) is 5.16. The minimum atomic E-state index is -0.637. The summed E-state index contributed by atoms with van der Waals surface area (Å²) in [5.74, 6) is 0.779. The molecule has 9 heteroatoms. The molecular formula is C21H25N3O6. The number of carbonyl (C=O) groups excluding carboxylic acids is 1. The van der Waals surface area contributed by atoms with E-state index in [1.165, 1.54) is 14.2 Å². The van der Waals surface area contributed by atoms with Gasteiger partial charge in [-0.1, -0.05) is 28.5 Å². The maximum Gasteiger partial charge on any atom is 0.360 e. The van der Waals surface area contributed by atoms with Crippen molar-refractivity contribution in [1.82, 2.24) is 5.16 Å². The van der Waals surface area contributed by atoms with Gasteiger partial charge in [-0.25, -0.2) is 4.79 Å². The van der Waals surface area contributed by atoms with Crippen LogP contribution in [0.3, 0.4) is 0 Å². The normalized spacial score (nSPS) is 14.4. The molecule has 0 unspecified atom stereocenters. The number of oxime groups is 2. The number of carbonyl (C=O) groups is 1. The van der Waals surface area contributed by atoms with Crippen molar-refractivity contribution in [3.8, 4) is 0 Å². The predicted octanol–water partition coefficient (Wildman–Crippen LogP) is 3.12. The fourth-order valence-electron chi connectivity index (χ4n) is 2.76. The highest BCUT2D eigenvalue weighted by atomic mass is 16.6. The van der Waals surface area contributed by atoms with Crippen molar-refractivity contribution >= 4 is 17.6 Å². The van der Waals surface area contributed by atoms with Gasteiger partial charge in [-0.2, -0.15) is 0 Å². The Morgan fingerprint density at radius 2 is 1.90 bits per heavy atom. The number of hydrogen-bond donors (Lipinski definition) is 0. The van der Waals surface area contributed by atoms with E-state index in [1.807, 2.05) is 19.9 Å². The number of esters is 1. The summed E-state index contributed by atoms with van der Waals surface area (Å²) < 4.78 is 15.9. The van der Waals surface area contributed by atoms with Crippen LogP contribution in [-0.4, -0.2) is 43.6 Å². The van der Waals surface area contributed by atoms with Gasteiger partial charge in [-0.15, -0.1) is 0 Å². The number of nitrogens with zero attached hydrogens (tertiary/aromatic N) is 3. The molecule has 0 N–H and O–H groups in total. The lowest BCUT2D eigenvalue weighted by molar-refractivity contribution is -0.132. The van der Waals surface area contributed by atoms with Gasteiger partial charge < -0.3 is 23.7 Å². The maximum atomic E-state index is 12.2. The molecule has 1 saturated carbocycles. The Balaban J connectivity index is 1.91. The van der Waals surface area contributed by atoms with Crippen LogP contribution in [0.4, 0.5) is 0 Å². The zero-order chi connectivity index (χ0) is 21.5. The topological polar surface area (TPSA) is 105 Å². The molecule has 0 bridgehead atoms. The Morgan fingerprint density at radius 3 is 2.50 bits per heavy atom. The van der Waals surface area contributed by atoms with E-state index in [2.05, 4.69) is 15.5 Å². The summed E-state index contributed by atoms with van der Waals surface area (Å²) in [6.45, 7) is 4.33. The molecule has 0 radical (unpaired) electrons. The highest BCUT2D eigenvalue weighted by molar-refractivity contribution is 6.44. The zero-order valence-electron chi connectivity index (χ0n) is 17.5. The van der Waals surface area contributed by atoms with Gasteiger partial charge in [0.1, 0.15) is 19.5 Å². The lowest BCUT2D eigenvalue weighted by Crippen LogP contribution is -2.22. The molecule has 9 nitrogen and oxygen atoms in total. The van der Waals surface area contributed by atoms with Gasteiger partial charge in [0.05, 0.1) is 25.0 Å². The summed E-state index contributed by atoms with van der Waals surface area (Å²) in [6, 6.07) is 7.07. The Hall–Kier alpha value is -3.36. The summed E-state index contributed by atoms with van der Waals surface area (Å²) >= 11 is 0. The van der Waals surface area contributed by atoms with E-state index in [0.29, 0.717) is 29.4 Å². The van der Waals surface area contributed by atoms with Crippen LogP contribution in [0, 0.1) is 19.8 Å². The van der Waals surface area contributed by atoms with Crippen molar-refractivity contribution in [3.05, 3.63) is 52.4 Å². The molecule has 1 aromatic carbocycles. The second-order valence-electron chi connectivity index (χ2n) is 6.89. The molecule has 3 rings (SSSR count). The van der Waals surface area contributed by atoms with Crippen LogP contribution >= 0.6 is 0 Å². The SMILES string of the molecule is CO/N=C(/C(=O)OC)c1ccccc1/C(=N\OCc1c(C)noc1C)OCC1CC1. The fourth-order valence-corrected chi connectivity index (χ4v) is 2.76. The highest BCUT2D eigenvalue weighted by Gasteiger charge is 2.26. The zero-order valence-corrected chi connectivity index (χ0v) is 17.5. The first-order chi connectivity index (χ1) is 14.5. The second kappa shape index (κ2) is 9.91. The van der Waals surface area contributed by atoms with E-state index in [1.54, 1.807) is 18.2 Å². The monoisotopic (exact) mass is 415 g/mol. The molecule has 0 atom stereocenters. The number of hydrogen-bond acceptors (Lipinski definition) is 9. The predicted molar refractivity (Wildman–Crippen MR) is 108 cm³/mol. The molecule has 160 valence electrons. The van der Waals surface area contributed by atoms with Crippen molar-refractivity contribution < 1.29 is 28.5 Å². The Bertz CT molecular complexity index is 926. The molecular weight excluding hydrogens is 390 g/mol. The van der Waals surface area contributed by atoms with Crippen molar-refractivity contribution in [1.29, 1.82) is 0 Å². The minimum absolute atomic E-state index is 0.00375. The summed E-state index contributed by atoms with van der Waals surface area (Å²) in [6.07, 6.45) is 2.24. The van der Waals surface area contributed by atoms with Gasteiger partial charge in [0.2, 0.25) is 0 Å². The van der Waals surface area contributed by atoms with Gasteiger partial charge in [-0.05, 0) is 43.8 Å². The number of aromatic nitrogens is 1. The first kappa shape index (κ1) is 21.4. The van der Waals surface area contributed by atoms with E-state index in [-0.39, 0.29) is 18.2 Å². The standard InChI is InChI=1S/C21H25N3O6/c1-13-18(14(2)30-22-13)12-29-24-20(28-11-15-9-10-15)17-8-6-5-7-16(17)19(23-27-4)21(25)26-3/h5-8,15H,9-12H2,1-4H3/b23-19+,24-20+. The van der Waals surface area contributed by atoms with Crippen LogP contribution in [0.5, 0.6) is 0 Å². The van der Waals surface area contributed by atoms with E-state index in [0.717, 1.165) is 24.1 Å². The number of rotatable bonds is 9. The maximum absolute atomic E-state index is 12.2. The molecule has 0 aliphatic heterocycles. The van der Waals surface area contributed by atoms with Crippen LogP contribution in [0.2, 0.25) is 0 Å². The van der Waals surface area contributed by atoms with Gasteiger partial charge in [0.25, 0.3) is 5.90 Å². The second-order valence-corrected chi connectivity index (χ2v) is 6.89. The van der Waals surface area contributed by atoms with Gasteiger partial charge in [-0.3, -0.25) is 0 Å². The lowest BCUT2D eigenvalue weighted by Gasteiger charge is -2.13. The van der Waals surface area contributed by atoms with Gasteiger partial charge in [0.15, 0.2) is 5.71 Å². The van der Waals surface area contributed by atoms with E-state index >= 15 is 0 Å². The van der Waals surface area contributed by atoms with Crippen LogP contribution < -0.4 is 0 Å². The summed E-state index contributed by atoms with van der Waals surface area (Å²) in [4.78, 5) is 22.6. The molecule has 1 aromatic heterocycles. The number of benzene rings is 1. The number of aryl methyl sites for hydroxylation is 2. The average Bonchev–Trinajstić information content (AvgIpc) is 3.54. The van der Waals surface area contributed by atoms with Crippen molar-refractivity contribution in [2.45, 2.75) is 33.3 Å². The molecule has 1 aliphatic carbocycles. The van der Waals surface area contributed by atoms with E-state index in [9.17, 15) is 4.79 Å². The van der Waals surface area contributed by atoms with E-state index in [4.69, 9.17) is 23.7 Å². The highest BCUT2D eigenvalue weighted by Crippen LogP contribution is 2.29. The average molecular weight is 415 g/mol. The van der Waals surface area contributed by atoms with Crippen LogP contribution in [0.15, 0.2) is 39.1 Å². The fraction of sp³-hybridized carbons (Fsp3) is 0.429. The molecule has 0 spiro atoms. The Labute approximate surface area is 174 Å². The van der Waals surface area contributed by atoms with Gasteiger partial charge >= 0.3 is 5.97 Å². The first-order valence-corrected chi connectivity index (χ1v) is 9.58. The van der Waals surface area contributed by atoms with Crippen molar-refractivity contribution in [2.24, 2.45) is 16.2 Å². The summed E-state index contributed by atoms with van der Waals surface area (Å²) in [5.41, 5.74) is 2.57. The first-order valence-electron chi connectivity index (χ1n) is 9.58. The Kier molecular flexibility index (Phi) is 7.05. The number of methoxy groups -OCH3 is 1. The van der Waals surface area contributed by atoms with E-state index < -0.39 is 5.97 Å². The molecule has 0 amide bonds. The third-order valence-corrected chi connectivity index (χ3v) is 4.66. The van der Waals surface area contributed by atoms with Crippen molar-refractivity contribution in [2.75, 3.05) is 20.8 Å². The smallest absolute Gasteiger partial charge is 0.360 e. The molecule has 30 heavy (non-hydrogen) atoms. The number of ether oxygens (including phenoxy) is 2. The summed E-state index contributed by atoms with van der Waals surface area (Å²) in [7, 11) is 2.64. The minimum Gasteiger partial charge on any atom is -0.475 e. The van der Waals surface area contributed by atoms with Crippen LogP contribution in [0.25, 0.3) is 0 Å². The molecule has 0 saturated heterocycles. The van der Waals surface area contributed by atoms with Crippen molar-refractivity contribution in [3.63, 3.8) is 0 Å². The molecule has 1 aliphatic rings.